The van der Waals surface area contributed by atoms with Crippen LogP contribution in [0.2, 0.25) is 0 Å². The Morgan fingerprint density at radius 1 is 1.19 bits per heavy atom. The average Bonchev–Trinajstić information content (AvgIpc) is 2.91. The van der Waals surface area contributed by atoms with Gasteiger partial charge >= 0.3 is 0 Å². The van der Waals surface area contributed by atoms with E-state index in [9.17, 15) is 9.18 Å². The first-order valence-corrected chi connectivity index (χ1v) is 11.6. The second kappa shape index (κ2) is 9.24. The maximum atomic E-state index is 13.6. The largest absolute Gasteiger partial charge is 0.447 e. The van der Waals surface area contributed by atoms with Gasteiger partial charge in [0.05, 0.1) is 5.69 Å². The van der Waals surface area contributed by atoms with E-state index in [0.29, 0.717) is 33.9 Å². The van der Waals surface area contributed by atoms with Crippen LogP contribution < -0.4 is 9.64 Å². The van der Waals surface area contributed by atoms with Crippen LogP contribution in [0, 0.1) is 11.7 Å². The predicted octanol–water partition coefficient (Wildman–Crippen LogP) is 5.43. The molecule has 32 heavy (non-hydrogen) atoms. The molecule has 2 aromatic carbocycles. The molecule has 2 heterocycles. The van der Waals surface area contributed by atoms with Crippen LogP contribution in [-0.2, 0) is 11.2 Å². The molecule has 6 nitrogen and oxygen atoms in total. The van der Waals surface area contributed by atoms with Crippen molar-refractivity contribution < 1.29 is 13.9 Å². The molecule has 4 rings (SSSR count). The molecule has 1 aliphatic rings. The molecule has 8 heteroatoms. The van der Waals surface area contributed by atoms with E-state index < -0.39 is 6.23 Å². The Hall–Kier alpha value is -3.00. The molecule has 1 unspecified atom stereocenters. The quantitative estimate of drug-likeness (QED) is 0.481. The lowest BCUT2D eigenvalue weighted by Crippen LogP contribution is -2.36. The van der Waals surface area contributed by atoms with Crippen LogP contribution in [0.15, 0.2) is 47.6 Å². The number of amides is 1. The van der Waals surface area contributed by atoms with E-state index in [2.05, 4.69) is 36.0 Å². The fraction of sp³-hybridized carbons (Fsp3) is 0.333. The molecule has 0 saturated carbocycles. The van der Waals surface area contributed by atoms with E-state index in [1.807, 2.05) is 18.2 Å². The van der Waals surface area contributed by atoms with Crippen LogP contribution in [0.25, 0.3) is 11.3 Å². The van der Waals surface area contributed by atoms with Gasteiger partial charge in [-0.25, -0.2) is 4.39 Å². The van der Waals surface area contributed by atoms with Gasteiger partial charge in [0.2, 0.25) is 23.2 Å². The van der Waals surface area contributed by atoms with Gasteiger partial charge < -0.3 is 4.74 Å². The molecule has 1 aliphatic heterocycles. The zero-order valence-electron chi connectivity index (χ0n) is 18.5. The number of nitrogens with zero attached hydrogens (tertiary/aromatic N) is 4. The number of ether oxygens (including phenoxy) is 1. The molecule has 1 atom stereocenters. The number of hydrogen-bond acceptors (Lipinski definition) is 6. The number of anilines is 1. The van der Waals surface area contributed by atoms with Crippen molar-refractivity contribution in [1.82, 2.24) is 15.2 Å². The summed E-state index contributed by atoms with van der Waals surface area (Å²) in [5.41, 5.74) is 3.61. The molecule has 0 aliphatic carbocycles. The fourth-order valence-corrected chi connectivity index (χ4v) is 4.25. The summed E-state index contributed by atoms with van der Waals surface area (Å²) in [7, 11) is 0. The van der Waals surface area contributed by atoms with Gasteiger partial charge in [0.25, 0.3) is 0 Å². The summed E-state index contributed by atoms with van der Waals surface area (Å²) in [6.07, 6.45) is 0.00826. The zero-order chi connectivity index (χ0) is 22.8. The Morgan fingerprint density at radius 3 is 2.59 bits per heavy atom. The molecule has 3 aromatic rings. The lowest BCUT2D eigenvalue weighted by atomic mass is 10.0. The number of fused-ring (bicyclic) bond motifs is 3. The third-order valence-corrected chi connectivity index (χ3v) is 6.38. The van der Waals surface area contributed by atoms with Crippen LogP contribution in [0.3, 0.4) is 0 Å². The Bertz CT molecular complexity index is 1140. The van der Waals surface area contributed by atoms with Crippen molar-refractivity contribution in [3.05, 3.63) is 59.4 Å². The predicted molar refractivity (Wildman–Crippen MR) is 123 cm³/mol. The first-order valence-electron chi connectivity index (χ1n) is 10.6. The molecule has 0 saturated heterocycles. The first kappa shape index (κ1) is 22.2. The topological polar surface area (TPSA) is 68.2 Å². The summed E-state index contributed by atoms with van der Waals surface area (Å²) < 4.78 is 19.9. The third-order valence-electron chi connectivity index (χ3n) is 5.12. The second-order valence-corrected chi connectivity index (χ2v) is 9.06. The summed E-state index contributed by atoms with van der Waals surface area (Å²) >= 11 is 1.51. The summed E-state index contributed by atoms with van der Waals surface area (Å²) in [5, 5.41) is 9.28. The Labute approximate surface area is 191 Å². The van der Waals surface area contributed by atoms with Gasteiger partial charge in [0.15, 0.2) is 5.69 Å². The molecular weight excluding hydrogens is 427 g/mol. The molecule has 0 bridgehead atoms. The zero-order valence-corrected chi connectivity index (χ0v) is 19.3. The minimum atomic E-state index is -0.819. The summed E-state index contributed by atoms with van der Waals surface area (Å²) in [5.74, 6) is 1.05. The Balaban J connectivity index is 1.90. The average molecular weight is 453 g/mol. The number of carbonyl (C=O) groups excluding carboxylic acids is 1. The van der Waals surface area contributed by atoms with Gasteiger partial charge in [-0.3, -0.25) is 9.69 Å². The molecule has 0 spiro atoms. The van der Waals surface area contributed by atoms with Gasteiger partial charge in [-0.1, -0.05) is 50.7 Å². The number of halogens is 1. The number of carbonyl (C=O) groups is 1. The van der Waals surface area contributed by atoms with Crippen molar-refractivity contribution in [2.24, 2.45) is 5.92 Å². The van der Waals surface area contributed by atoms with E-state index in [1.165, 1.54) is 30.8 Å². The minimum absolute atomic E-state index is 0.208. The second-order valence-electron chi connectivity index (χ2n) is 8.07. The maximum absolute atomic E-state index is 13.6. The fourth-order valence-electron chi connectivity index (χ4n) is 3.52. The molecule has 0 radical (unpaired) electrons. The molecule has 1 aromatic heterocycles. The summed E-state index contributed by atoms with van der Waals surface area (Å²) in [4.78, 5) is 19.0. The normalized spacial score (nSPS) is 15.1. The molecule has 1 amide bonds. The van der Waals surface area contributed by atoms with Gasteiger partial charge in [-0.05, 0) is 42.2 Å². The van der Waals surface area contributed by atoms with Crippen LogP contribution in [0.4, 0.5) is 10.1 Å². The highest BCUT2D eigenvalue weighted by Gasteiger charge is 2.34. The SMILES string of the molecule is CCc1ccc2c(c1)-c1nnc(SCC(C)C)nc1OC(c1ccc(F)cc1)N2C(C)=O. The van der Waals surface area contributed by atoms with E-state index in [0.717, 1.165) is 23.3 Å². The van der Waals surface area contributed by atoms with Crippen LogP contribution in [-0.4, -0.2) is 26.8 Å². The van der Waals surface area contributed by atoms with E-state index in [4.69, 9.17) is 4.74 Å². The van der Waals surface area contributed by atoms with E-state index in [-0.39, 0.29) is 11.7 Å². The highest BCUT2D eigenvalue weighted by molar-refractivity contribution is 7.99. The first-order chi connectivity index (χ1) is 15.4. The minimum Gasteiger partial charge on any atom is -0.447 e. The van der Waals surface area contributed by atoms with Gasteiger partial charge in [-0.2, -0.15) is 4.98 Å². The summed E-state index contributed by atoms with van der Waals surface area (Å²) in [6, 6.07) is 11.8. The van der Waals surface area contributed by atoms with E-state index >= 15 is 0 Å². The monoisotopic (exact) mass is 452 g/mol. The van der Waals surface area contributed by atoms with Crippen LogP contribution in [0.5, 0.6) is 5.88 Å². The number of aromatic nitrogens is 3. The van der Waals surface area contributed by atoms with Crippen molar-refractivity contribution >= 4 is 23.4 Å². The van der Waals surface area contributed by atoms with Crippen molar-refractivity contribution in [1.29, 1.82) is 0 Å². The lowest BCUT2D eigenvalue weighted by Gasteiger charge is -2.30. The molecule has 0 N–H and O–H groups in total. The van der Waals surface area contributed by atoms with Gasteiger partial charge in [-0.15, -0.1) is 10.2 Å². The van der Waals surface area contributed by atoms with Crippen molar-refractivity contribution in [3.63, 3.8) is 0 Å². The number of hydrogen-bond donors (Lipinski definition) is 0. The van der Waals surface area contributed by atoms with Crippen molar-refractivity contribution in [2.75, 3.05) is 10.7 Å². The highest BCUT2D eigenvalue weighted by Crippen LogP contribution is 2.44. The Kier molecular flexibility index (Phi) is 6.41. The van der Waals surface area contributed by atoms with Crippen molar-refractivity contribution in [2.45, 2.75) is 45.5 Å². The van der Waals surface area contributed by atoms with Crippen molar-refractivity contribution in [3.8, 4) is 17.1 Å². The number of rotatable bonds is 5. The number of benzene rings is 2. The molecular formula is C24H25FN4O2S. The van der Waals surface area contributed by atoms with Crippen LogP contribution in [0.1, 0.15) is 45.0 Å². The van der Waals surface area contributed by atoms with Gasteiger partial charge in [0, 0.05) is 23.8 Å². The smallest absolute Gasteiger partial charge is 0.247 e. The maximum Gasteiger partial charge on any atom is 0.247 e. The summed E-state index contributed by atoms with van der Waals surface area (Å²) in [6.45, 7) is 7.79. The highest BCUT2D eigenvalue weighted by atomic mass is 32.2. The van der Waals surface area contributed by atoms with E-state index in [1.54, 1.807) is 17.0 Å². The third kappa shape index (κ3) is 4.46. The number of thioether (sulfide) groups is 1. The lowest BCUT2D eigenvalue weighted by molar-refractivity contribution is -0.118. The standard InChI is InChI=1S/C24H25FN4O2S/c1-5-16-6-11-20-19(12-16)21-22(26-24(28-27-21)32-13-14(2)3)31-23(29(20)15(4)30)17-7-9-18(25)10-8-17/h6-12,14,23H,5,13H2,1-4H3. The molecule has 166 valence electrons. The number of aryl methyl sites for hydroxylation is 1. The molecule has 0 fully saturated rings. The van der Waals surface area contributed by atoms with Crippen LogP contribution >= 0.6 is 11.8 Å². The van der Waals surface area contributed by atoms with Gasteiger partial charge in [0.1, 0.15) is 5.82 Å². The Morgan fingerprint density at radius 2 is 1.94 bits per heavy atom.